The van der Waals surface area contributed by atoms with Gasteiger partial charge in [-0.25, -0.2) is 0 Å². The van der Waals surface area contributed by atoms with Crippen LogP contribution < -0.4 is 5.32 Å². The molecule has 0 spiro atoms. The van der Waals surface area contributed by atoms with Crippen molar-refractivity contribution in [3.05, 3.63) is 30.3 Å². The number of thioether (sulfide) groups is 1. The third kappa shape index (κ3) is 4.22. The lowest BCUT2D eigenvalue weighted by Gasteiger charge is -2.06. The van der Waals surface area contributed by atoms with Crippen molar-refractivity contribution in [1.29, 1.82) is 0 Å². The molecule has 1 aromatic heterocycles. The van der Waals surface area contributed by atoms with Crippen LogP contribution in [0.1, 0.15) is 6.42 Å². The number of aliphatic hydroxyl groups is 1. The molecule has 2 rings (SSSR count). The highest BCUT2D eigenvalue weighted by atomic mass is 32.2. The van der Waals surface area contributed by atoms with Gasteiger partial charge < -0.3 is 10.4 Å². The predicted octanol–water partition coefficient (Wildman–Crippen LogP) is 1.19. The summed E-state index contributed by atoms with van der Waals surface area (Å²) in [5.41, 5.74) is 0.933. The molecule has 1 heterocycles. The van der Waals surface area contributed by atoms with Gasteiger partial charge in [-0.1, -0.05) is 23.3 Å². The molecule has 0 saturated carbocycles. The molecule has 0 unspecified atom stereocenters. The Morgan fingerprint density at radius 3 is 2.84 bits per heavy atom. The average Bonchev–Trinajstić information content (AvgIpc) is 2.92. The normalized spacial score (nSPS) is 10.6. The first-order chi connectivity index (χ1) is 9.42. The quantitative estimate of drug-likeness (QED) is 0.707. The van der Waals surface area contributed by atoms with E-state index in [1.165, 1.54) is 0 Å². The van der Waals surface area contributed by atoms with Gasteiger partial charge in [0.2, 0.25) is 5.95 Å². The van der Waals surface area contributed by atoms with Gasteiger partial charge >= 0.3 is 0 Å². The van der Waals surface area contributed by atoms with Crippen LogP contribution in [0.5, 0.6) is 0 Å². The number of benzene rings is 1. The van der Waals surface area contributed by atoms with Gasteiger partial charge in [0.25, 0.3) is 0 Å². The molecule has 0 aliphatic carbocycles. The molecule has 102 valence electrons. The topological polar surface area (TPSA) is 75.9 Å². The molecular formula is C12H17N5OS. The second kappa shape index (κ2) is 7.75. The minimum atomic E-state index is 0.257. The Bertz CT molecular complexity index is 476. The fraction of sp³-hybridized carbons (Fsp3) is 0.417. The molecule has 2 aromatic rings. The Kier molecular flexibility index (Phi) is 5.64. The summed E-state index contributed by atoms with van der Waals surface area (Å²) >= 11 is 1.80. The van der Waals surface area contributed by atoms with E-state index in [0.717, 1.165) is 30.2 Å². The van der Waals surface area contributed by atoms with Crippen LogP contribution in [0.2, 0.25) is 0 Å². The molecule has 19 heavy (non-hydrogen) atoms. The molecule has 2 N–H and O–H groups in total. The summed E-state index contributed by atoms with van der Waals surface area (Å²) in [6.45, 7) is 1.05. The van der Waals surface area contributed by atoms with Gasteiger partial charge in [-0.15, -0.1) is 0 Å². The smallest absolute Gasteiger partial charge is 0.247 e. The molecular weight excluding hydrogens is 262 g/mol. The largest absolute Gasteiger partial charge is 0.396 e. The van der Waals surface area contributed by atoms with Crippen LogP contribution in [-0.4, -0.2) is 50.0 Å². The zero-order valence-corrected chi connectivity index (χ0v) is 11.4. The first-order valence-corrected chi connectivity index (χ1v) is 7.33. The Hall–Kier alpha value is -1.60. The number of aliphatic hydroxyl groups excluding tert-OH is 1. The van der Waals surface area contributed by atoms with E-state index in [2.05, 4.69) is 20.8 Å². The van der Waals surface area contributed by atoms with Crippen LogP contribution in [0.3, 0.4) is 0 Å². The third-order valence-corrected chi connectivity index (χ3v) is 3.52. The van der Waals surface area contributed by atoms with Gasteiger partial charge in [-0.2, -0.15) is 16.4 Å². The number of nitrogens with one attached hydrogen (secondary N) is 1. The van der Waals surface area contributed by atoms with E-state index in [9.17, 15) is 0 Å². The third-order valence-electron chi connectivity index (χ3n) is 2.45. The van der Waals surface area contributed by atoms with Gasteiger partial charge in [-0.05, 0) is 34.7 Å². The molecule has 7 heteroatoms. The molecule has 0 amide bonds. The zero-order valence-electron chi connectivity index (χ0n) is 10.6. The lowest BCUT2D eigenvalue weighted by atomic mass is 10.3. The highest BCUT2D eigenvalue weighted by Gasteiger charge is 2.06. The van der Waals surface area contributed by atoms with E-state index in [4.69, 9.17) is 5.11 Å². The number of tetrazole rings is 1. The molecule has 0 fully saturated rings. The Morgan fingerprint density at radius 1 is 1.21 bits per heavy atom. The Labute approximate surface area is 116 Å². The Morgan fingerprint density at radius 2 is 2.05 bits per heavy atom. The lowest BCUT2D eigenvalue weighted by Crippen LogP contribution is -2.10. The molecule has 1 aromatic carbocycles. The summed E-state index contributed by atoms with van der Waals surface area (Å²) in [6, 6.07) is 9.77. The van der Waals surface area contributed by atoms with Crippen molar-refractivity contribution in [3.8, 4) is 5.69 Å². The van der Waals surface area contributed by atoms with E-state index >= 15 is 0 Å². The maximum absolute atomic E-state index is 8.68. The monoisotopic (exact) mass is 279 g/mol. The first kappa shape index (κ1) is 13.8. The van der Waals surface area contributed by atoms with E-state index in [1.807, 2.05) is 30.3 Å². The van der Waals surface area contributed by atoms with Crippen molar-refractivity contribution in [2.75, 3.05) is 30.0 Å². The summed E-state index contributed by atoms with van der Waals surface area (Å²) < 4.78 is 1.68. The standard InChI is InChI=1S/C12H17N5OS/c18-8-4-9-19-10-7-13-12-14-15-16-17(12)11-5-2-1-3-6-11/h1-3,5-6,18H,4,7-10H2,(H,13,14,16). The molecule has 0 atom stereocenters. The lowest BCUT2D eigenvalue weighted by molar-refractivity contribution is 0.296. The van der Waals surface area contributed by atoms with Gasteiger partial charge in [0.05, 0.1) is 5.69 Å². The molecule has 0 aliphatic rings. The fourth-order valence-corrected chi connectivity index (χ4v) is 2.33. The number of nitrogens with zero attached hydrogens (tertiary/aromatic N) is 4. The average molecular weight is 279 g/mol. The SMILES string of the molecule is OCCCSCCNc1nnnn1-c1ccccc1. The highest BCUT2D eigenvalue weighted by molar-refractivity contribution is 7.99. The maximum atomic E-state index is 8.68. The molecule has 0 radical (unpaired) electrons. The number of anilines is 1. The van der Waals surface area contributed by atoms with Crippen LogP contribution in [0.4, 0.5) is 5.95 Å². The van der Waals surface area contributed by atoms with E-state index < -0.39 is 0 Å². The second-order valence-corrected chi connectivity index (χ2v) is 5.09. The van der Waals surface area contributed by atoms with Crippen molar-refractivity contribution in [2.45, 2.75) is 6.42 Å². The van der Waals surface area contributed by atoms with Crippen molar-refractivity contribution >= 4 is 17.7 Å². The van der Waals surface area contributed by atoms with Crippen LogP contribution >= 0.6 is 11.8 Å². The van der Waals surface area contributed by atoms with Crippen molar-refractivity contribution in [1.82, 2.24) is 20.2 Å². The zero-order chi connectivity index (χ0) is 13.3. The summed E-state index contributed by atoms with van der Waals surface area (Å²) in [5, 5.41) is 23.5. The van der Waals surface area contributed by atoms with E-state index in [-0.39, 0.29) is 6.61 Å². The van der Waals surface area contributed by atoms with Crippen molar-refractivity contribution in [3.63, 3.8) is 0 Å². The number of hydrogen-bond acceptors (Lipinski definition) is 6. The molecule has 6 nitrogen and oxygen atoms in total. The van der Waals surface area contributed by atoms with Gasteiger partial charge in [0, 0.05) is 18.9 Å². The molecule has 0 aliphatic heterocycles. The van der Waals surface area contributed by atoms with Crippen molar-refractivity contribution in [2.24, 2.45) is 0 Å². The van der Waals surface area contributed by atoms with Crippen molar-refractivity contribution < 1.29 is 5.11 Å². The number of para-hydroxylation sites is 1. The van der Waals surface area contributed by atoms with Crippen LogP contribution in [-0.2, 0) is 0 Å². The summed E-state index contributed by atoms with van der Waals surface area (Å²) in [6.07, 6.45) is 0.840. The van der Waals surface area contributed by atoms with Crippen LogP contribution in [0.15, 0.2) is 30.3 Å². The molecule has 0 saturated heterocycles. The number of hydrogen-bond donors (Lipinski definition) is 2. The van der Waals surface area contributed by atoms with Gasteiger partial charge in [0.1, 0.15) is 0 Å². The summed E-state index contributed by atoms with van der Waals surface area (Å²) in [5.74, 6) is 2.58. The minimum absolute atomic E-state index is 0.257. The Balaban J connectivity index is 1.83. The second-order valence-electron chi connectivity index (χ2n) is 3.87. The van der Waals surface area contributed by atoms with E-state index in [1.54, 1.807) is 16.4 Å². The fourth-order valence-electron chi connectivity index (χ4n) is 1.54. The summed E-state index contributed by atoms with van der Waals surface area (Å²) in [7, 11) is 0. The highest BCUT2D eigenvalue weighted by Crippen LogP contribution is 2.10. The molecule has 0 bridgehead atoms. The summed E-state index contributed by atoms with van der Waals surface area (Å²) in [4.78, 5) is 0. The van der Waals surface area contributed by atoms with Gasteiger partial charge in [0.15, 0.2) is 0 Å². The minimum Gasteiger partial charge on any atom is -0.396 e. The van der Waals surface area contributed by atoms with Crippen LogP contribution in [0, 0.1) is 0 Å². The van der Waals surface area contributed by atoms with Gasteiger partial charge in [-0.3, -0.25) is 0 Å². The van der Waals surface area contributed by atoms with E-state index in [0.29, 0.717) is 5.95 Å². The van der Waals surface area contributed by atoms with Crippen LogP contribution in [0.25, 0.3) is 5.69 Å². The maximum Gasteiger partial charge on any atom is 0.247 e. The predicted molar refractivity (Wildman–Crippen MR) is 76.7 cm³/mol. The number of rotatable bonds is 8. The number of aromatic nitrogens is 4. The first-order valence-electron chi connectivity index (χ1n) is 6.18.